The van der Waals surface area contributed by atoms with E-state index >= 15 is 0 Å². The minimum atomic E-state index is -4.04. The van der Waals surface area contributed by atoms with Crippen molar-refractivity contribution >= 4 is 24.1 Å². The molecule has 0 heterocycles. The standard InChI is InChI=1S/C6H13NO4S2/c1-6(2,3)13(10,11)5(7)12(4,8)9/h7H,1-4H3. The van der Waals surface area contributed by atoms with Crippen LogP contribution in [0.3, 0.4) is 0 Å². The predicted molar refractivity (Wildman–Crippen MR) is 51.2 cm³/mol. The zero-order valence-corrected chi connectivity index (χ0v) is 9.58. The minimum Gasteiger partial charge on any atom is -0.279 e. The van der Waals surface area contributed by atoms with Crippen LogP contribution in [-0.4, -0.2) is 32.2 Å². The SMILES string of the molecule is CC(C)(C)S(=O)(=O)C(=N)S(C)(=O)=O. The Balaban J connectivity index is 5.52. The van der Waals surface area contributed by atoms with E-state index in [4.69, 9.17) is 5.41 Å². The summed E-state index contributed by atoms with van der Waals surface area (Å²) in [6, 6.07) is 0. The molecule has 7 heteroatoms. The van der Waals surface area contributed by atoms with Crippen molar-refractivity contribution in [1.82, 2.24) is 0 Å². The smallest absolute Gasteiger partial charge is 0.240 e. The summed E-state index contributed by atoms with van der Waals surface area (Å²) in [5, 5.41) is 7.02. The van der Waals surface area contributed by atoms with E-state index in [9.17, 15) is 16.8 Å². The maximum atomic E-state index is 11.4. The normalized spacial score (nSPS) is 14.2. The lowest BCUT2D eigenvalue weighted by molar-refractivity contribution is 0.572. The van der Waals surface area contributed by atoms with Gasteiger partial charge in [-0.15, -0.1) is 0 Å². The highest BCUT2D eigenvalue weighted by atomic mass is 32.3. The van der Waals surface area contributed by atoms with Crippen molar-refractivity contribution < 1.29 is 16.8 Å². The Morgan fingerprint density at radius 1 is 1.08 bits per heavy atom. The van der Waals surface area contributed by atoms with Crippen LogP contribution in [0.2, 0.25) is 0 Å². The first-order valence-corrected chi connectivity index (χ1v) is 6.81. The van der Waals surface area contributed by atoms with Crippen LogP contribution in [0, 0.1) is 5.41 Å². The maximum Gasteiger partial charge on any atom is 0.240 e. The Bertz CT molecular complexity index is 410. The van der Waals surface area contributed by atoms with Crippen LogP contribution in [0.1, 0.15) is 20.8 Å². The van der Waals surface area contributed by atoms with Gasteiger partial charge in [-0.25, -0.2) is 16.8 Å². The molecule has 0 bridgehead atoms. The molecule has 0 amide bonds. The molecule has 0 aliphatic heterocycles. The molecule has 0 unspecified atom stereocenters. The Kier molecular flexibility index (Phi) is 2.95. The first-order valence-electron chi connectivity index (χ1n) is 3.44. The van der Waals surface area contributed by atoms with E-state index in [-0.39, 0.29) is 0 Å². The summed E-state index contributed by atoms with van der Waals surface area (Å²) in [5.74, 6) is 0. The van der Waals surface area contributed by atoms with Gasteiger partial charge >= 0.3 is 0 Å². The van der Waals surface area contributed by atoms with E-state index in [1.54, 1.807) is 0 Å². The van der Waals surface area contributed by atoms with E-state index < -0.39 is 28.8 Å². The predicted octanol–water partition coefficient (Wildman–Crippen LogP) is 0.179. The van der Waals surface area contributed by atoms with Gasteiger partial charge in [0.15, 0.2) is 0 Å². The Morgan fingerprint density at radius 3 is 1.46 bits per heavy atom. The molecule has 0 rings (SSSR count). The molecule has 0 aliphatic rings. The van der Waals surface area contributed by atoms with Gasteiger partial charge in [-0.3, -0.25) is 5.41 Å². The van der Waals surface area contributed by atoms with Crippen molar-refractivity contribution in [2.45, 2.75) is 25.5 Å². The summed E-state index contributed by atoms with van der Waals surface area (Å²) < 4.78 is 42.0. The molecule has 0 aliphatic carbocycles. The van der Waals surface area contributed by atoms with Gasteiger partial charge in [0.1, 0.15) is 0 Å². The molecule has 0 saturated carbocycles. The first kappa shape index (κ1) is 12.6. The van der Waals surface area contributed by atoms with Crippen molar-refractivity contribution in [2.75, 3.05) is 6.26 Å². The maximum absolute atomic E-state index is 11.4. The van der Waals surface area contributed by atoms with E-state index in [1.165, 1.54) is 20.8 Å². The minimum absolute atomic E-state index is 0.707. The summed E-state index contributed by atoms with van der Waals surface area (Å²) in [4.78, 5) is 0. The van der Waals surface area contributed by atoms with Gasteiger partial charge in [0.05, 0.1) is 4.75 Å². The zero-order valence-electron chi connectivity index (χ0n) is 7.95. The third-order valence-electron chi connectivity index (χ3n) is 1.39. The van der Waals surface area contributed by atoms with Crippen molar-refractivity contribution in [3.63, 3.8) is 0 Å². The summed E-state index contributed by atoms with van der Waals surface area (Å²) >= 11 is 0. The van der Waals surface area contributed by atoms with E-state index in [2.05, 4.69) is 0 Å². The molecule has 0 aromatic heterocycles. The van der Waals surface area contributed by atoms with Gasteiger partial charge in [0.25, 0.3) is 0 Å². The largest absolute Gasteiger partial charge is 0.279 e. The lowest BCUT2D eigenvalue weighted by Crippen LogP contribution is -2.37. The molecular weight excluding hydrogens is 214 g/mol. The van der Waals surface area contributed by atoms with Crippen molar-refractivity contribution in [2.24, 2.45) is 0 Å². The monoisotopic (exact) mass is 227 g/mol. The third-order valence-corrected chi connectivity index (χ3v) is 5.73. The highest BCUT2D eigenvalue weighted by Gasteiger charge is 2.38. The molecule has 0 aromatic rings. The molecule has 5 nitrogen and oxygen atoms in total. The molecule has 0 radical (unpaired) electrons. The van der Waals surface area contributed by atoms with Crippen LogP contribution in [0.4, 0.5) is 0 Å². The second kappa shape index (κ2) is 3.06. The summed E-state index contributed by atoms with van der Waals surface area (Å²) in [6.07, 6.45) is 0.707. The summed E-state index contributed by atoms with van der Waals surface area (Å²) in [5.41, 5.74) is 0. The molecule has 0 atom stereocenters. The highest BCUT2D eigenvalue weighted by molar-refractivity contribution is 8.31. The van der Waals surface area contributed by atoms with Gasteiger partial charge < -0.3 is 0 Å². The van der Waals surface area contributed by atoms with Gasteiger partial charge in [-0.05, 0) is 20.8 Å². The average Bonchev–Trinajstić information content (AvgIpc) is 1.81. The molecular formula is C6H13NO4S2. The second-order valence-electron chi connectivity index (χ2n) is 3.68. The molecule has 1 N–H and O–H groups in total. The number of sulfone groups is 2. The zero-order chi connectivity index (χ0) is 11.1. The fraction of sp³-hybridized carbons (Fsp3) is 0.833. The number of hydrogen-bond donors (Lipinski definition) is 1. The van der Waals surface area contributed by atoms with Gasteiger partial charge in [0.2, 0.25) is 24.1 Å². The van der Waals surface area contributed by atoms with E-state index in [1.807, 2.05) is 0 Å². The van der Waals surface area contributed by atoms with Crippen LogP contribution in [0.25, 0.3) is 0 Å². The van der Waals surface area contributed by atoms with Crippen molar-refractivity contribution in [1.29, 1.82) is 5.41 Å². The Morgan fingerprint density at radius 2 is 1.38 bits per heavy atom. The van der Waals surface area contributed by atoms with Crippen molar-refractivity contribution in [3.05, 3.63) is 0 Å². The molecule has 0 fully saturated rings. The average molecular weight is 227 g/mol. The molecule has 0 saturated heterocycles. The van der Waals surface area contributed by atoms with Crippen molar-refractivity contribution in [3.8, 4) is 0 Å². The Labute approximate surface area is 78.5 Å². The Hall–Kier alpha value is -0.430. The van der Waals surface area contributed by atoms with Crippen LogP contribution in [-0.2, 0) is 19.7 Å². The lowest BCUT2D eigenvalue weighted by Gasteiger charge is -2.18. The number of rotatable bonds is 0. The summed E-state index contributed by atoms with van der Waals surface area (Å²) in [7, 11) is -7.99. The number of hydrogen-bond acceptors (Lipinski definition) is 5. The van der Waals surface area contributed by atoms with Crippen LogP contribution >= 0.6 is 0 Å². The van der Waals surface area contributed by atoms with Crippen LogP contribution in [0.15, 0.2) is 0 Å². The topological polar surface area (TPSA) is 92.1 Å². The van der Waals surface area contributed by atoms with E-state index in [0.29, 0.717) is 6.26 Å². The third kappa shape index (κ3) is 2.50. The fourth-order valence-electron chi connectivity index (χ4n) is 0.477. The van der Waals surface area contributed by atoms with Gasteiger partial charge in [-0.2, -0.15) is 0 Å². The van der Waals surface area contributed by atoms with Crippen LogP contribution < -0.4 is 0 Å². The molecule has 0 spiro atoms. The second-order valence-corrected chi connectivity index (χ2v) is 8.53. The molecule has 0 aromatic carbocycles. The van der Waals surface area contributed by atoms with Gasteiger partial charge in [-0.1, -0.05) is 0 Å². The molecule has 13 heavy (non-hydrogen) atoms. The highest BCUT2D eigenvalue weighted by Crippen LogP contribution is 2.18. The quantitative estimate of drug-likeness (QED) is 0.472. The van der Waals surface area contributed by atoms with Gasteiger partial charge in [0, 0.05) is 6.26 Å². The fourth-order valence-corrected chi connectivity index (χ4v) is 3.38. The van der Waals surface area contributed by atoms with Crippen LogP contribution in [0.5, 0.6) is 0 Å². The summed E-state index contributed by atoms with van der Waals surface area (Å²) in [6.45, 7) is 4.05. The first-order chi connectivity index (χ1) is 5.40. The lowest BCUT2D eigenvalue weighted by atomic mass is 10.3. The van der Waals surface area contributed by atoms with E-state index in [0.717, 1.165) is 0 Å². The number of nitrogens with one attached hydrogen (secondary N) is 1. The molecule has 78 valence electrons.